The highest BCUT2D eigenvalue weighted by molar-refractivity contribution is 5.96. The third-order valence-corrected chi connectivity index (χ3v) is 7.64. The third-order valence-electron chi connectivity index (χ3n) is 7.64. The number of fused-ring (bicyclic) bond motifs is 1. The summed E-state index contributed by atoms with van der Waals surface area (Å²) >= 11 is 0. The Hall–Kier alpha value is -3.93. The van der Waals surface area contributed by atoms with Gasteiger partial charge in [0.25, 0.3) is 5.91 Å². The van der Waals surface area contributed by atoms with Gasteiger partial charge in [0.05, 0.1) is 0 Å². The predicted octanol–water partition coefficient (Wildman–Crippen LogP) is 6.36. The van der Waals surface area contributed by atoms with E-state index in [4.69, 9.17) is 5.73 Å². The molecule has 1 aliphatic rings. The van der Waals surface area contributed by atoms with Gasteiger partial charge in [-0.2, -0.15) is 0 Å². The minimum absolute atomic E-state index is 0.0491. The van der Waals surface area contributed by atoms with Gasteiger partial charge in [0.15, 0.2) is 0 Å². The van der Waals surface area contributed by atoms with E-state index in [9.17, 15) is 4.79 Å². The SMILES string of the molecule is Cc1cc(N)ncc1-c1ccnc2c1cc(/C=C1/CCCC(c3ccc(C(=O)N(C)C)cc3)CC1)n2C. The molecular formula is C31H35N5O. The van der Waals surface area contributed by atoms with E-state index in [2.05, 4.69) is 58.8 Å². The van der Waals surface area contributed by atoms with E-state index in [-0.39, 0.29) is 5.91 Å². The topological polar surface area (TPSA) is 77.0 Å². The summed E-state index contributed by atoms with van der Waals surface area (Å²) in [4.78, 5) is 22.9. The molecule has 0 radical (unpaired) electrons. The number of aromatic nitrogens is 3. The summed E-state index contributed by atoms with van der Waals surface area (Å²) in [7, 11) is 5.67. The Morgan fingerprint density at radius 2 is 1.84 bits per heavy atom. The van der Waals surface area contributed by atoms with Gasteiger partial charge in [-0.05, 0) is 98.0 Å². The first-order chi connectivity index (χ1) is 17.8. The zero-order valence-electron chi connectivity index (χ0n) is 22.2. The number of carbonyl (C=O) groups is 1. The fourth-order valence-corrected chi connectivity index (χ4v) is 5.52. The van der Waals surface area contributed by atoms with Gasteiger partial charge < -0.3 is 15.2 Å². The van der Waals surface area contributed by atoms with Crippen molar-refractivity contribution in [2.75, 3.05) is 19.8 Å². The molecule has 37 heavy (non-hydrogen) atoms. The fraction of sp³-hybridized carbons (Fsp3) is 0.323. The molecule has 6 heteroatoms. The average molecular weight is 494 g/mol. The van der Waals surface area contributed by atoms with Crippen molar-refractivity contribution in [2.45, 2.75) is 44.9 Å². The summed E-state index contributed by atoms with van der Waals surface area (Å²) in [6.45, 7) is 2.07. The normalized spacial score (nSPS) is 17.2. The first kappa shape index (κ1) is 24.8. The fourth-order valence-electron chi connectivity index (χ4n) is 5.52. The number of pyridine rings is 2. The second-order valence-corrected chi connectivity index (χ2v) is 10.4. The van der Waals surface area contributed by atoms with Gasteiger partial charge in [-0.25, -0.2) is 9.97 Å². The van der Waals surface area contributed by atoms with Crippen LogP contribution >= 0.6 is 0 Å². The van der Waals surface area contributed by atoms with E-state index in [1.807, 2.05) is 30.6 Å². The largest absolute Gasteiger partial charge is 0.384 e. The molecule has 0 saturated heterocycles. The van der Waals surface area contributed by atoms with Crippen molar-refractivity contribution < 1.29 is 4.79 Å². The van der Waals surface area contributed by atoms with Crippen molar-refractivity contribution in [3.63, 3.8) is 0 Å². The van der Waals surface area contributed by atoms with Crippen LogP contribution in [-0.4, -0.2) is 39.4 Å². The van der Waals surface area contributed by atoms with Crippen LogP contribution in [0.2, 0.25) is 0 Å². The average Bonchev–Trinajstić information content (AvgIpc) is 3.04. The van der Waals surface area contributed by atoms with Crippen LogP contribution in [0.25, 0.3) is 28.2 Å². The number of hydrogen-bond acceptors (Lipinski definition) is 4. The molecule has 1 atom stereocenters. The van der Waals surface area contributed by atoms with Crippen molar-refractivity contribution in [3.05, 3.63) is 82.8 Å². The van der Waals surface area contributed by atoms with Crippen LogP contribution in [0.5, 0.6) is 0 Å². The van der Waals surface area contributed by atoms with E-state index in [0.29, 0.717) is 11.7 Å². The number of benzene rings is 1. The monoisotopic (exact) mass is 493 g/mol. The standard InChI is InChI=1S/C31H35N5O/c1-20-16-29(32)34-19-28(20)26-14-15-33-30-27(26)18-25(36(30)4)17-21-6-5-7-22(9-8-21)23-10-12-24(13-11-23)31(37)35(2)3/h10-19,22H,5-9H2,1-4H3,(H2,32,34)/b21-17-. The molecule has 1 aromatic carbocycles. The number of anilines is 1. The van der Waals surface area contributed by atoms with Crippen LogP contribution in [0.1, 0.15) is 65.2 Å². The molecule has 3 aromatic heterocycles. The van der Waals surface area contributed by atoms with Gasteiger partial charge >= 0.3 is 0 Å². The minimum Gasteiger partial charge on any atom is -0.384 e. The minimum atomic E-state index is 0.0491. The Morgan fingerprint density at radius 3 is 2.57 bits per heavy atom. The number of nitrogens with zero attached hydrogens (tertiary/aromatic N) is 4. The summed E-state index contributed by atoms with van der Waals surface area (Å²) in [6, 6.07) is 14.5. The first-order valence-electron chi connectivity index (χ1n) is 13.0. The maximum absolute atomic E-state index is 12.2. The van der Waals surface area contributed by atoms with Crippen molar-refractivity contribution >= 4 is 28.8 Å². The Kier molecular flexibility index (Phi) is 6.83. The quantitative estimate of drug-likeness (QED) is 0.336. The summed E-state index contributed by atoms with van der Waals surface area (Å²) in [5.74, 6) is 1.11. The van der Waals surface area contributed by atoms with Gasteiger partial charge in [-0.1, -0.05) is 17.7 Å². The molecule has 6 nitrogen and oxygen atoms in total. The van der Waals surface area contributed by atoms with E-state index in [1.54, 1.807) is 19.0 Å². The molecule has 5 rings (SSSR count). The molecule has 1 aliphatic carbocycles. The molecule has 1 amide bonds. The highest BCUT2D eigenvalue weighted by Gasteiger charge is 2.19. The van der Waals surface area contributed by atoms with E-state index >= 15 is 0 Å². The highest BCUT2D eigenvalue weighted by Crippen LogP contribution is 2.36. The van der Waals surface area contributed by atoms with Crippen LogP contribution in [0, 0.1) is 6.92 Å². The molecule has 1 saturated carbocycles. The highest BCUT2D eigenvalue weighted by atomic mass is 16.2. The second kappa shape index (κ2) is 10.2. The molecule has 0 aliphatic heterocycles. The molecule has 4 aromatic rings. The number of carbonyl (C=O) groups excluding carboxylic acids is 1. The van der Waals surface area contributed by atoms with Gasteiger partial charge in [0, 0.05) is 55.7 Å². The van der Waals surface area contributed by atoms with Crippen LogP contribution < -0.4 is 5.73 Å². The number of allylic oxidation sites excluding steroid dienone is 1. The number of nitrogen functional groups attached to an aromatic ring is 1. The third kappa shape index (κ3) is 5.01. The summed E-state index contributed by atoms with van der Waals surface area (Å²) in [5, 5.41) is 1.13. The molecular weight excluding hydrogens is 458 g/mol. The van der Waals surface area contributed by atoms with Crippen molar-refractivity contribution in [3.8, 4) is 11.1 Å². The number of amides is 1. The number of hydrogen-bond donors (Lipinski definition) is 1. The number of rotatable bonds is 4. The Balaban J connectivity index is 1.38. The van der Waals surface area contributed by atoms with Crippen LogP contribution in [-0.2, 0) is 7.05 Å². The van der Waals surface area contributed by atoms with Crippen molar-refractivity contribution in [1.82, 2.24) is 19.4 Å². The maximum atomic E-state index is 12.2. The van der Waals surface area contributed by atoms with Gasteiger partial charge in [-0.3, -0.25) is 4.79 Å². The van der Waals surface area contributed by atoms with E-state index in [0.717, 1.165) is 52.5 Å². The molecule has 1 unspecified atom stereocenters. The van der Waals surface area contributed by atoms with Crippen molar-refractivity contribution in [2.24, 2.45) is 7.05 Å². The lowest BCUT2D eigenvalue weighted by molar-refractivity contribution is 0.0827. The van der Waals surface area contributed by atoms with Crippen LogP contribution in [0.15, 0.2) is 60.4 Å². The molecule has 3 heterocycles. The Morgan fingerprint density at radius 1 is 1.05 bits per heavy atom. The number of aryl methyl sites for hydroxylation is 2. The van der Waals surface area contributed by atoms with E-state index < -0.39 is 0 Å². The number of nitrogens with two attached hydrogens (primary N) is 1. The Bertz CT molecular complexity index is 1480. The molecule has 0 bridgehead atoms. The van der Waals surface area contributed by atoms with Crippen LogP contribution in [0.4, 0.5) is 5.82 Å². The molecule has 1 fully saturated rings. The van der Waals surface area contributed by atoms with Gasteiger partial charge in [-0.15, -0.1) is 0 Å². The smallest absolute Gasteiger partial charge is 0.253 e. The maximum Gasteiger partial charge on any atom is 0.253 e. The second-order valence-electron chi connectivity index (χ2n) is 10.4. The van der Waals surface area contributed by atoms with E-state index in [1.165, 1.54) is 29.7 Å². The zero-order chi connectivity index (χ0) is 26.1. The molecule has 190 valence electrons. The predicted molar refractivity (Wildman–Crippen MR) is 151 cm³/mol. The van der Waals surface area contributed by atoms with Gasteiger partial charge in [0.2, 0.25) is 0 Å². The summed E-state index contributed by atoms with van der Waals surface area (Å²) in [5.41, 5.74) is 14.9. The summed E-state index contributed by atoms with van der Waals surface area (Å²) in [6.07, 6.45) is 11.7. The Labute approximate surface area is 218 Å². The molecule has 2 N–H and O–H groups in total. The van der Waals surface area contributed by atoms with Crippen LogP contribution in [0.3, 0.4) is 0 Å². The lowest BCUT2D eigenvalue weighted by Crippen LogP contribution is -2.21. The van der Waals surface area contributed by atoms with Crippen molar-refractivity contribution in [1.29, 1.82) is 0 Å². The lowest BCUT2D eigenvalue weighted by atomic mass is 9.91. The molecule has 0 spiro atoms. The van der Waals surface area contributed by atoms with Gasteiger partial charge in [0.1, 0.15) is 11.5 Å². The zero-order valence-corrected chi connectivity index (χ0v) is 22.2. The first-order valence-corrected chi connectivity index (χ1v) is 13.0. The summed E-state index contributed by atoms with van der Waals surface area (Å²) < 4.78 is 2.19. The lowest BCUT2D eigenvalue weighted by Gasteiger charge is -2.16.